The highest BCUT2D eigenvalue weighted by Crippen LogP contribution is 2.18. The van der Waals surface area contributed by atoms with E-state index in [1.54, 1.807) is 0 Å². The normalized spacial score (nSPS) is 8.00. The number of nitrogens with zero attached hydrogens (tertiary/aromatic N) is 1. The second-order valence-electron chi connectivity index (χ2n) is 3.18. The molecule has 0 unspecified atom stereocenters. The molecule has 0 amide bonds. The van der Waals surface area contributed by atoms with Gasteiger partial charge in [0.2, 0.25) is 0 Å². The summed E-state index contributed by atoms with van der Waals surface area (Å²) >= 11 is 0. The topological polar surface area (TPSA) is 3.24 Å². The quantitative estimate of drug-likeness (QED) is 0.661. The van der Waals surface area contributed by atoms with Crippen molar-refractivity contribution in [1.29, 1.82) is 0 Å². The van der Waals surface area contributed by atoms with Crippen molar-refractivity contribution in [1.82, 2.24) is 0 Å². The minimum absolute atomic E-state index is 1.31. The van der Waals surface area contributed by atoms with Crippen LogP contribution >= 0.6 is 0 Å². The molecule has 0 bridgehead atoms. The van der Waals surface area contributed by atoms with Crippen LogP contribution in [0.4, 0.5) is 5.69 Å². The molecule has 0 heterocycles. The van der Waals surface area contributed by atoms with Crippen LogP contribution in [-0.2, 0) is 0 Å². The summed E-state index contributed by atoms with van der Waals surface area (Å²) in [6.07, 6.45) is 0. The standard InChI is InChI=1S/C10H15N.2C2H6/c1-8-5-6-9(2)10(7-8)11(3)4;2*1-2/h5-7H,1-4H3;2*1-2H3. The molecule has 0 aromatic heterocycles. The first-order chi connectivity index (χ1) is 7.11. The van der Waals surface area contributed by atoms with E-state index in [1.165, 1.54) is 16.8 Å². The van der Waals surface area contributed by atoms with Crippen molar-refractivity contribution in [3.05, 3.63) is 29.3 Å². The highest BCUT2D eigenvalue weighted by molar-refractivity contribution is 5.53. The Hall–Kier alpha value is -0.980. The fourth-order valence-corrected chi connectivity index (χ4v) is 1.20. The van der Waals surface area contributed by atoms with Crippen molar-refractivity contribution in [2.24, 2.45) is 0 Å². The van der Waals surface area contributed by atoms with Crippen molar-refractivity contribution >= 4 is 5.69 Å². The third kappa shape index (κ3) is 6.16. The number of anilines is 1. The van der Waals surface area contributed by atoms with Crippen LogP contribution in [0.1, 0.15) is 38.8 Å². The molecule has 0 spiro atoms. The Bertz CT molecular complexity index is 252. The van der Waals surface area contributed by atoms with Gasteiger partial charge in [0.05, 0.1) is 0 Å². The van der Waals surface area contributed by atoms with E-state index in [1.807, 2.05) is 27.7 Å². The summed E-state index contributed by atoms with van der Waals surface area (Å²) in [6, 6.07) is 6.50. The Labute approximate surface area is 96.1 Å². The molecule has 0 aliphatic carbocycles. The largest absolute Gasteiger partial charge is 0.377 e. The molecule has 0 aliphatic heterocycles. The van der Waals surface area contributed by atoms with Gasteiger partial charge in [-0.05, 0) is 31.0 Å². The molecule has 15 heavy (non-hydrogen) atoms. The minimum Gasteiger partial charge on any atom is -0.377 e. The van der Waals surface area contributed by atoms with E-state index in [9.17, 15) is 0 Å². The van der Waals surface area contributed by atoms with Gasteiger partial charge in [0.25, 0.3) is 0 Å². The van der Waals surface area contributed by atoms with Crippen molar-refractivity contribution in [2.45, 2.75) is 41.5 Å². The summed E-state index contributed by atoms with van der Waals surface area (Å²) in [4.78, 5) is 2.14. The predicted molar refractivity (Wildman–Crippen MR) is 72.9 cm³/mol. The maximum Gasteiger partial charge on any atom is 0.0393 e. The fraction of sp³-hybridized carbons (Fsp3) is 0.571. The van der Waals surface area contributed by atoms with E-state index in [0.29, 0.717) is 0 Å². The smallest absolute Gasteiger partial charge is 0.0393 e. The molecule has 0 saturated carbocycles. The van der Waals surface area contributed by atoms with Gasteiger partial charge in [-0.15, -0.1) is 0 Å². The molecule has 0 N–H and O–H groups in total. The van der Waals surface area contributed by atoms with Gasteiger partial charge < -0.3 is 4.90 Å². The van der Waals surface area contributed by atoms with Crippen LogP contribution in [0.25, 0.3) is 0 Å². The summed E-state index contributed by atoms with van der Waals surface area (Å²) < 4.78 is 0. The van der Waals surface area contributed by atoms with Crippen LogP contribution < -0.4 is 4.90 Å². The molecular formula is C14H27N. The molecule has 0 saturated heterocycles. The number of hydrogen-bond donors (Lipinski definition) is 0. The van der Waals surface area contributed by atoms with Gasteiger partial charge in [0, 0.05) is 19.8 Å². The second kappa shape index (κ2) is 9.57. The van der Waals surface area contributed by atoms with Crippen LogP contribution in [0.3, 0.4) is 0 Å². The molecular weight excluding hydrogens is 182 g/mol. The second-order valence-corrected chi connectivity index (χ2v) is 3.18. The van der Waals surface area contributed by atoms with Gasteiger partial charge in [0.1, 0.15) is 0 Å². The molecule has 0 fully saturated rings. The fourth-order valence-electron chi connectivity index (χ4n) is 1.20. The lowest BCUT2D eigenvalue weighted by atomic mass is 10.1. The Balaban J connectivity index is 0. The van der Waals surface area contributed by atoms with Crippen LogP contribution in [0.5, 0.6) is 0 Å². The molecule has 0 radical (unpaired) electrons. The zero-order valence-electron chi connectivity index (χ0n) is 11.7. The lowest BCUT2D eigenvalue weighted by Crippen LogP contribution is -2.10. The average Bonchev–Trinajstić information content (AvgIpc) is 2.27. The monoisotopic (exact) mass is 209 g/mol. The SMILES string of the molecule is CC.CC.Cc1ccc(C)c(N(C)C)c1. The first kappa shape index (κ1) is 16.4. The van der Waals surface area contributed by atoms with E-state index in [0.717, 1.165) is 0 Å². The van der Waals surface area contributed by atoms with E-state index >= 15 is 0 Å². The van der Waals surface area contributed by atoms with E-state index in [2.05, 4.69) is 51.0 Å². The van der Waals surface area contributed by atoms with Gasteiger partial charge >= 0.3 is 0 Å². The summed E-state index contributed by atoms with van der Waals surface area (Å²) in [7, 11) is 4.14. The van der Waals surface area contributed by atoms with Crippen molar-refractivity contribution < 1.29 is 0 Å². The first-order valence-corrected chi connectivity index (χ1v) is 5.86. The number of aryl methyl sites for hydroxylation is 2. The van der Waals surface area contributed by atoms with Gasteiger partial charge in [-0.25, -0.2) is 0 Å². The third-order valence-electron chi connectivity index (χ3n) is 1.85. The molecule has 1 aromatic carbocycles. The molecule has 1 rings (SSSR count). The summed E-state index contributed by atoms with van der Waals surface area (Å²) in [6.45, 7) is 12.3. The number of benzene rings is 1. The predicted octanol–water partition coefficient (Wildman–Crippen LogP) is 4.42. The Morgan fingerprint density at radius 3 is 1.67 bits per heavy atom. The lowest BCUT2D eigenvalue weighted by Gasteiger charge is -2.15. The molecule has 88 valence electrons. The maximum absolute atomic E-state index is 2.20. The number of rotatable bonds is 1. The lowest BCUT2D eigenvalue weighted by molar-refractivity contribution is 1.11. The van der Waals surface area contributed by atoms with E-state index in [-0.39, 0.29) is 0 Å². The highest BCUT2D eigenvalue weighted by atomic mass is 15.1. The highest BCUT2D eigenvalue weighted by Gasteiger charge is 1.98. The first-order valence-electron chi connectivity index (χ1n) is 5.86. The Kier molecular flexibility index (Phi) is 10.5. The Morgan fingerprint density at radius 2 is 1.33 bits per heavy atom. The zero-order valence-corrected chi connectivity index (χ0v) is 11.7. The van der Waals surface area contributed by atoms with Crippen molar-refractivity contribution in [3.8, 4) is 0 Å². The Morgan fingerprint density at radius 1 is 0.867 bits per heavy atom. The molecule has 0 aliphatic rings. The molecule has 0 atom stereocenters. The van der Waals surface area contributed by atoms with Gasteiger partial charge in [-0.3, -0.25) is 0 Å². The van der Waals surface area contributed by atoms with Crippen molar-refractivity contribution in [3.63, 3.8) is 0 Å². The molecule has 1 heteroatoms. The van der Waals surface area contributed by atoms with Crippen LogP contribution in [-0.4, -0.2) is 14.1 Å². The van der Waals surface area contributed by atoms with Crippen LogP contribution in [0, 0.1) is 13.8 Å². The molecule has 1 nitrogen and oxygen atoms in total. The van der Waals surface area contributed by atoms with Gasteiger partial charge in [0.15, 0.2) is 0 Å². The van der Waals surface area contributed by atoms with Crippen LogP contribution in [0.2, 0.25) is 0 Å². The maximum atomic E-state index is 2.20. The summed E-state index contributed by atoms with van der Waals surface area (Å²) in [5.74, 6) is 0. The third-order valence-corrected chi connectivity index (χ3v) is 1.85. The average molecular weight is 209 g/mol. The minimum atomic E-state index is 1.31. The summed E-state index contributed by atoms with van der Waals surface area (Å²) in [5.41, 5.74) is 3.96. The van der Waals surface area contributed by atoms with E-state index < -0.39 is 0 Å². The van der Waals surface area contributed by atoms with Gasteiger partial charge in [-0.1, -0.05) is 39.8 Å². The summed E-state index contributed by atoms with van der Waals surface area (Å²) in [5, 5.41) is 0. The van der Waals surface area contributed by atoms with Gasteiger partial charge in [-0.2, -0.15) is 0 Å². The molecule has 1 aromatic rings. The van der Waals surface area contributed by atoms with Crippen LogP contribution in [0.15, 0.2) is 18.2 Å². The van der Waals surface area contributed by atoms with E-state index in [4.69, 9.17) is 0 Å². The zero-order chi connectivity index (χ0) is 12.4. The number of hydrogen-bond acceptors (Lipinski definition) is 1. The van der Waals surface area contributed by atoms with Crippen molar-refractivity contribution in [2.75, 3.05) is 19.0 Å².